The molecule has 0 unspecified atom stereocenters. The molecule has 3 fully saturated rings. The summed E-state index contributed by atoms with van der Waals surface area (Å²) in [5, 5.41) is 8.92. The Morgan fingerprint density at radius 1 is 1.31 bits per heavy atom. The zero-order chi connectivity index (χ0) is 19.1. The molecule has 26 heavy (non-hydrogen) atoms. The topological polar surface area (TPSA) is 87.2 Å². The minimum atomic E-state index is -4.73. The van der Waals surface area contributed by atoms with Gasteiger partial charge in [0, 0.05) is 18.5 Å². The van der Waals surface area contributed by atoms with Crippen LogP contribution < -0.4 is 10.0 Å². The van der Waals surface area contributed by atoms with Gasteiger partial charge in [0.2, 0.25) is 10.0 Å². The van der Waals surface area contributed by atoms with Crippen LogP contribution >= 0.6 is 0 Å². The van der Waals surface area contributed by atoms with Crippen molar-refractivity contribution in [3.63, 3.8) is 0 Å². The van der Waals surface area contributed by atoms with Crippen LogP contribution in [0.15, 0.2) is 18.2 Å². The third kappa shape index (κ3) is 2.03. The maximum absolute atomic E-state index is 13.3. The molecular weight excluding hydrogens is 367 g/mol. The van der Waals surface area contributed by atoms with Crippen LogP contribution in [0.4, 0.5) is 18.9 Å². The van der Waals surface area contributed by atoms with Crippen LogP contribution in [-0.2, 0) is 16.2 Å². The summed E-state index contributed by atoms with van der Waals surface area (Å²) in [6.45, 7) is 1.85. The molecule has 4 rings (SSSR count). The molecule has 0 radical (unpaired) electrons. The lowest BCUT2D eigenvalue weighted by Gasteiger charge is -2.36. The van der Waals surface area contributed by atoms with Crippen molar-refractivity contribution in [2.45, 2.75) is 36.7 Å². The van der Waals surface area contributed by atoms with Crippen LogP contribution in [0.5, 0.6) is 0 Å². The first kappa shape index (κ1) is 17.6. The number of alkyl halides is 3. The molecule has 0 amide bonds. The SMILES string of the molecule is C[C@@]12[C@@H](CN(c3ccc(C#N)c(C(F)(F)F)c3)S1(=O)=O)[C@@H]1C[C@H](N)[C@@H]2C1. The second-order valence-electron chi connectivity index (χ2n) is 7.67. The summed E-state index contributed by atoms with van der Waals surface area (Å²) in [6, 6.07) is 4.40. The molecule has 2 N–H and O–H groups in total. The van der Waals surface area contributed by atoms with E-state index in [0.717, 1.165) is 29.3 Å². The first-order chi connectivity index (χ1) is 12.0. The molecule has 9 heteroatoms. The minimum absolute atomic E-state index is 0.0417. The number of nitriles is 1. The van der Waals surface area contributed by atoms with Gasteiger partial charge in [0.25, 0.3) is 0 Å². The maximum Gasteiger partial charge on any atom is 0.417 e. The molecule has 0 aromatic heterocycles. The summed E-state index contributed by atoms with van der Waals surface area (Å²) in [5.41, 5.74) is 4.44. The van der Waals surface area contributed by atoms with Gasteiger partial charge in [-0.15, -0.1) is 0 Å². The van der Waals surface area contributed by atoms with Crippen LogP contribution in [0.3, 0.4) is 0 Å². The highest BCUT2D eigenvalue weighted by molar-refractivity contribution is 7.94. The van der Waals surface area contributed by atoms with E-state index in [-0.39, 0.29) is 36.0 Å². The number of fused-ring (bicyclic) bond motifs is 5. The Balaban J connectivity index is 1.81. The summed E-state index contributed by atoms with van der Waals surface area (Å²) < 4.78 is 66.3. The zero-order valence-electron chi connectivity index (χ0n) is 14.0. The van der Waals surface area contributed by atoms with Gasteiger partial charge in [0.15, 0.2) is 0 Å². The van der Waals surface area contributed by atoms with Crippen molar-refractivity contribution >= 4 is 15.7 Å². The number of halogens is 3. The van der Waals surface area contributed by atoms with Gasteiger partial charge in [-0.1, -0.05) is 0 Å². The van der Waals surface area contributed by atoms with Gasteiger partial charge < -0.3 is 5.73 Å². The second-order valence-corrected chi connectivity index (χ2v) is 9.94. The third-order valence-corrected chi connectivity index (χ3v) is 9.27. The Bertz CT molecular complexity index is 924. The van der Waals surface area contributed by atoms with Crippen molar-refractivity contribution < 1.29 is 21.6 Å². The molecule has 0 spiro atoms. The molecule has 2 saturated carbocycles. The Hall–Kier alpha value is -1.79. The largest absolute Gasteiger partial charge is 0.417 e. The summed E-state index contributed by atoms with van der Waals surface area (Å²) in [7, 11) is -3.86. The molecule has 1 aromatic carbocycles. The molecule has 5 atom stereocenters. The second kappa shape index (κ2) is 5.14. The Morgan fingerprint density at radius 2 is 2.00 bits per heavy atom. The van der Waals surface area contributed by atoms with E-state index in [0.29, 0.717) is 0 Å². The van der Waals surface area contributed by atoms with Crippen molar-refractivity contribution in [1.29, 1.82) is 5.26 Å². The molecule has 2 bridgehead atoms. The van der Waals surface area contributed by atoms with Crippen LogP contribution in [0.25, 0.3) is 0 Å². The zero-order valence-corrected chi connectivity index (χ0v) is 14.8. The summed E-state index contributed by atoms with van der Waals surface area (Å²) in [5.74, 6) is -0.129. The fourth-order valence-corrected chi connectivity index (χ4v) is 7.86. The lowest BCUT2D eigenvalue weighted by Crippen LogP contribution is -2.51. The van der Waals surface area contributed by atoms with Gasteiger partial charge in [-0.05, 0) is 49.8 Å². The number of nitrogens with zero attached hydrogens (tertiary/aromatic N) is 2. The Labute approximate surface area is 149 Å². The summed E-state index contributed by atoms with van der Waals surface area (Å²) >= 11 is 0. The number of rotatable bonds is 1. The average molecular weight is 385 g/mol. The molecule has 1 saturated heterocycles. The smallest absolute Gasteiger partial charge is 0.327 e. The fraction of sp³-hybridized carbons (Fsp3) is 0.588. The Kier molecular flexibility index (Phi) is 3.48. The number of sulfonamides is 1. The van der Waals surface area contributed by atoms with E-state index >= 15 is 0 Å². The van der Waals surface area contributed by atoms with Crippen LogP contribution in [0.1, 0.15) is 30.9 Å². The first-order valence-electron chi connectivity index (χ1n) is 8.41. The van der Waals surface area contributed by atoms with Crippen LogP contribution in [0, 0.1) is 29.1 Å². The number of hydrogen-bond donors (Lipinski definition) is 1. The van der Waals surface area contributed by atoms with E-state index in [1.165, 1.54) is 12.1 Å². The predicted octanol–water partition coefficient (Wildman–Crippen LogP) is 2.47. The maximum atomic E-state index is 13.3. The normalized spacial score (nSPS) is 37.6. The predicted molar refractivity (Wildman–Crippen MR) is 88.5 cm³/mol. The number of anilines is 1. The highest BCUT2D eigenvalue weighted by Crippen LogP contribution is 2.61. The van der Waals surface area contributed by atoms with E-state index in [2.05, 4.69) is 0 Å². The van der Waals surface area contributed by atoms with E-state index in [4.69, 9.17) is 11.0 Å². The van der Waals surface area contributed by atoms with E-state index in [1.807, 2.05) is 0 Å². The van der Waals surface area contributed by atoms with Crippen molar-refractivity contribution in [1.82, 2.24) is 0 Å². The van der Waals surface area contributed by atoms with Gasteiger partial charge in [-0.2, -0.15) is 18.4 Å². The molecule has 1 aliphatic heterocycles. The van der Waals surface area contributed by atoms with Crippen LogP contribution in [-0.4, -0.2) is 25.8 Å². The van der Waals surface area contributed by atoms with Crippen molar-refractivity contribution in [3.8, 4) is 6.07 Å². The van der Waals surface area contributed by atoms with E-state index in [1.54, 1.807) is 6.92 Å². The standard InChI is InChI=1S/C17H18F3N3O2S/c1-16-13-4-10(5-15(13)22)14(16)8-23(26(16,24)25)11-3-2-9(7-21)12(6-11)17(18,19)20/h2-3,6,10,13-15H,4-5,8,22H2,1H3/t10-,13-,14-,15-,16+/m0/s1. The van der Waals surface area contributed by atoms with Crippen LogP contribution in [0.2, 0.25) is 0 Å². The monoisotopic (exact) mass is 385 g/mol. The lowest BCUT2D eigenvalue weighted by atomic mass is 9.77. The van der Waals surface area contributed by atoms with Gasteiger partial charge >= 0.3 is 6.18 Å². The molecule has 1 heterocycles. The van der Waals surface area contributed by atoms with Gasteiger partial charge in [-0.25, -0.2) is 8.42 Å². The molecule has 3 aliphatic rings. The fourth-order valence-electron chi connectivity index (χ4n) is 5.33. The van der Waals surface area contributed by atoms with E-state index in [9.17, 15) is 21.6 Å². The van der Waals surface area contributed by atoms with Crippen molar-refractivity contribution in [2.75, 3.05) is 10.8 Å². The van der Waals surface area contributed by atoms with Gasteiger partial charge in [0.05, 0.1) is 27.6 Å². The van der Waals surface area contributed by atoms with Crippen molar-refractivity contribution in [3.05, 3.63) is 29.3 Å². The number of nitrogens with two attached hydrogens (primary N) is 1. The summed E-state index contributed by atoms with van der Waals surface area (Å²) in [6.07, 6.45) is -3.21. The lowest BCUT2D eigenvalue weighted by molar-refractivity contribution is -0.137. The molecule has 1 aromatic rings. The highest BCUT2D eigenvalue weighted by Gasteiger charge is 2.70. The third-order valence-electron chi connectivity index (χ3n) is 6.62. The molecule has 140 valence electrons. The quantitative estimate of drug-likeness (QED) is 0.805. The Morgan fingerprint density at radius 3 is 2.62 bits per heavy atom. The molecule has 2 aliphatic carbocycles. The minimum Gasteiger partial charge on any atom is -0.327 e. The number of benzene rings is 1. The van der Waals surface area contributed by atoms with Gasteiger partial charge in [0.1, 0.15) is 0 Å². The highest BCUT2D eigenvalue weighted by atomic mass is 32.2. The number of hydrogen-bond acceptors (Lipinski definition) is 4. The van der Waals surface area contributed by atoms with E-state index < -0.39 is 32.1 Å². The first-order valence-corrected chi connectivity index (χ1v) is 9.85. The summed E-state index contributed by atoms with van der Waals surface area (Å²) in [4.78, 5) is 0. The molecule has 5 nitrogen and oxygen atoms in total. The average Bonchev–Trinajstić information content (AvgIpc) is 3.13. The molecular formula is C17H18F3N3O2S. The van der Waals surface area contributed by atoms with Gasteiger partial charge in [-0.3, -0.25) is 4.31 Å². The van der Waals surface area contributed by atoms with Crippen molar-refractivity contribution in [2.24, 2.45) is 23.5 Å².